The van der Waals surface area contributed by atoms with Crippen LogP contribution in [0.4, 0.5) is 0 Å². The Morgan fingerprint density at radius 2 is 1.80 bits per heavy atom. The minimum absolute atomic E-state index is 0.0168. The van der Waals surface area contributed by atoms with Gasteiger partial charge in [-0.05, 0) is 62.8 Å². The van der Waals surface area contributed by atoms with E-state index in [2.05, 4.69) is 24.7 Å². The predicted octanol–water partition coefficient (Wildman–Crippen LogP) is 4.95. The summed E-state index contributed by atoms with van der Waals surface area (Å²) in [6.45, 7) is 4.74. The predicted molar refractivity (Wildman–Crippen MR) is 118 cm³/mol. The zero-order valence-electron chi connectivity index (χ0n) is 18.3. The number of hydrogen-bond acceptors (Lipinski definition) is 4. The molecule has 2 atom stereocenters. The molecule has 2 aromatic carbocycles. The molecule has 0 aliphatic carbocycles. The van der Waals surface area contributed by atoms with Crippen LogP contribution in [0.5, 0.6) is 5.75 Å². The first kappa shape index (κ1) is 23.5. The van der Waals surface area contributed by atoms with Gasteiger partial charge in [0.25, 0.3) is 0 Å². The normalized spacial score (nSPS) is 12.6. The van der Waals surface area contributed by atoms with Crippen LogP contribution in [0.2, 0.25) is 0 Å². The number of nitrogens with zero attached hydrogens (tertiary/aromatic N) is 1. The molecule has 0 aliphatic heterocycles. The van der Waals surface area contributed by atoms with Crippen LogP contribution in [0.3, 0.4) is 0 Å². The second kappa shape index (κ2) is 12.7. The summed E-state index contributed by atoms with van der Waals surface area (Å²) in [4.78, 5) is 24.8. The molecule has 5 nitrogen and oxygen atoms in total. The molecule has 5 heteroatoms. The molecule has 0 spiro atoms. The lowest BCUT2D eigenvalue weighted by Crippen LogP contribution is -2.35. The molecule has 0 unspecified atom stereocenters. The highest BCUT2D eigenvalue weighted by molar-refractivity contribution is 5.68. The SMILES string of the molecule is COC(=O)CCCCCOc1cccc(C[C@H](C)N(C=O)[C@@H](C)c2ccccc2)c1. The van der Waals surface area contributed by atoms with E-state index >= 15 is 0 Å². The lowest BCUT2D eigenvalue weighted by molar-refractivity contribution is -0.140. The average molecular weight is 412 g/mol. The second-order valence-electron chi connectivity index (χ2n) is 7.58. The summed E-state index contributed by atoms with van der Waals surface area (Å²) in [6.07, 6.45) is 4.79. The third-order valence-corrected chi connectivity index (χ3v) is 5.31. The van der Waals surface area contributed by atoms with Crippen LogP contribution < -0.4 is 4.74 Å². The summed E-state index contributed by atoms with van der Waals surface area (Å²) < 4.78 is 10.5. The van der Waals surface area contributed by atoms with Crippen molar-refractivity contribution in [3.05, 3.63) is 65.7 Å². The van der Waals surface area contributed by atoms with Crippen molar-refractivity contribution >= 4 is 12.4 Å². The molecule has 0 aromatic heterocycles. The van der Waals surface area contributed by atoms with Crippen molar-refractivity contribution in [1.29, 1.82) is 0 Å². The molecule has 30 heavy (non-hydrogen) atoms. The summed E-state index contributed by atoms with van der Waals surface area (Å²) in [5.74, 6) is 0.671. The monoisotopic (exact) mass is 411 g/mol. The molecule has 2 aromatic rings. The summed E-state index contributed by atoms with van der Waals surface area (Å²) in [5, 5.41) is 0. The van der Waals surface area contributed by atoms with E-state index in [9.17, 15) is 9.59 Å². The number of hydrogen-bond donors (Lipinski definition) is 0. The van der Waals surface area contributed by atoms with Crippen LogP contribution in [-0.2, 0) is 20.7 Å². The fourth-order valence-corrected chi connectivity index (χ4v) is 3.53. The van der Waals surface area contributed by atoms with Crippen LogP contribution in [0.15, 0.2) is 54.6 Å². The largest absolute Gasteiger partial charge is 0.494 e. The number of benzene rings is 2. The van der Waals surface area contributed by atoms with Crippen molar-refractivity contribution in [2.75, 3.05) is 13.7 Å². The van der Waals surface area contributed by atoms with Gasteiger partial charge in [-0.25, -0.2) is 0 Å². The molecular weight excluding hydrogens is 378 g/mol. The average Bonchev–Trinajstić information content (AvgIpc) is 2.77. The molecular formula is C25H33NO4. The Balaban J connectivity index is 1.84. The summed E-state index contributed by atoms with van der Waals surface area (Å²) in [6, 6.07) is 18.2. The van der Waals surface area contributed by atoms with Crippen molar-refractivity contribution in [3.63, 3.8) is 0 Å². The van der Waals surface area contributed by atoms with E-state index in [-0.39, 0.29) is 18.1 Å². The lowest BCUT2D eigenvalue weighted by atomic mass is 10.0. The number of esters is 1. The van der Waals surface area contributed by atoms with E-state index in [4.69, 9.17) is 4.74 Å². The molecule has 0 N–H and O–H groups in total. The third-order valence-electron chi connectivity index (χ3n) is 5.31. The van der Waals surface area contributed by atoms with Crippen molar-refractivity contribution in [3.8, 4) is 5.75 Å². The Hall–Kier alpha value is -2.82. The van der Waals surface area contributed by atoms with Gasteiger partial charge in [0.15, 0.2) is 0 Å². The summed E-state index contributed by atoms with van der Waals surface area (Å²) >= 11 is 0. The van der Waals surface area contributed by atoms with E-state index in [1.165, 1.54) is 7.11 Å². The van der Waals surface area contributed by atoms with Crippen LogP contribution in [0, 0.1) is 0 Å². The van der Waals surface area contributed by atoms with Gasteiger partial charge in [0, 0.05) is 12.5 Å². The van der Waals surface area contributed by atoms with Crippen LogP contribution in [-0.4, -0.2) is 37.0 Å². The number of carbonyl (C=O) groups excluding carboxylic acids is 2. The molecule has 0 heterocycles. The van der Waals surface area contributed by atoms with Gasteiger partial charge >= 0.3 is 5.97 Å². The van der Waals surface area contributed by atoms with Gasteiger partial charge in [-0.15, -0.1) is 0 Å². The standard InChI is InChI=1S/C25H33NO4/c1-20(26(19-27)21(2)23-12-6-4-7-13-23)17-22-11-10-14-24(18-22)30-16-9-5-8-15-25(28)29-3/h4,6-7,10-14,18-21H,5,8-9,15-17H2,1-3H3/t20-,21-/m0/s1. The van der Waals surface area contributed by atoms with E-state index in [1.54, 1.807) is 0 Å². The van der Waals surface area contributed by atoms with Gasteiger partial charge < -0.3 is 14.4 Å². The molecule has 0 radical (unpaired) electrons. The second-order valence-corrected chi connectivity index (χ2v) is 7.58. The van der Waals surface area contributed by atoms with E-state index < -0.39 is 0 Å². The molecule has 0 fully saturated rings. The highest BCUT2D eigenvalue weighted by Gasteiger charge is 2.20. The Morgan fingerprint density at radius 1 is 1.03 bits per heavy atom. The van der Waals surface area contributed by atoms with Gasteiger partial charge in [0.1, 0.15) is 5.75 Å². The molecule has 0 saturated carbocycles. The number of carbonyl (C=O) groups is 2. The van der Waals surface area contributed by atoms with Gasteiger partial charge in [0.2, 0.25) is 6.41 Å². The Kier molecular flexibility index (Phi) is 9.92. The van der Waals surface area contributed by atoms with E-state index in [1.807, 2.05) is 53.4 Å². The number of amides is 1. The number of unbranched alkanes of at least 4 members (excludes halogenated alkanes) is 2. The lowest BCUT2D eigenvalue weighted by Gasteiger charge is -2.31. The van der Waals surface area contributed by atoms with Crippen molar-refractivity contribution in [1.82, 2.24) is 4.90 Å². The maximum Gasteiger partial charge on any atom is 0.305 e. The maximum absolute atomic E-state index is 11.8. The molecule has 1 amide bonds. The fourth-order valence-electron chi connectivity index (χ4n) is 3.53. The minimum atomic E-state index is -0.163. The number of rotatable bonds is 13. The summed E-state index contributed by atoms with van der Waals surface area (Å²) in [7, 11) is 1.41. The highest BCUT2D eigenvalue weighted by atomic mass is 16.5. The van der Waals surface area contributed by atoms with Crippen LogP contribution in [0.1, 0.15) is 56.7 Å². The van der Waals surface area contributed by atoms with E-state index in [0.717, 1.165) is 49.0 Å². The first-order valence-electron chi connectivity index (χ1n) is 10.6. The number of ether oxygens (including phenoxy) is 2. The molecule has 0 aliphatic rings. The Bertz CT molecular complexity index is 778. The Labute approximate surface area is 180 Å². The zero-order valence-corrected chi connectivity index (χ0v) is 18.3. The van der Waals surface area contributed by atoms with Crippen molar-refractivity contribution < 1.29 is 19.1 Å². The molecule has 0 saturated heterocycles. The zero-order chi connectivity index (χ0) is 21.8. The smallest absolute Gasteiger partial charge is 0.305 e. The van der Waals surface area contributed by atoms with Crippen molar-refractivity contribution in [2.24, 2.45) is 0 Å². The third kappa shape index (κ3) is 7.54. The van der Waals surface area contributed by atoms with Gasteiger partial charge in [-0.2, -0.15) is 0 Å². The summed E-state index contributed by atoms with van der Waals surface area (Å²) in [5.41, 5.74) is 2.26. The molecule has 0 bridgehead atoms. The molecule has 162 valence electrons. The topological polar surface area (TPSA) is 55.8 Å². The van der Waals surface area contributed by atoms with E-state index in [0.29, 0.717) is 13.0 Å². The minimum Gasteiger partial charge on any atom is -0.494 e. The first-order chi connectivity index (χ1) is 14.5. The quantitative estimate of drug-likeness (QED) is 0.266. The number of methoxy groups -OCH3 is 1. The van der Waals surface area contributed by atoms with Crippen molar-refractivity contribution in [2.45, 2.75) is 58.0 Å². The van der Waals surface area contributed by atoms with Gasteiger partial charge in [-0.1, -0.05) is 42.5 Å². The fraction of sp³-hybridized carbons (Fsp3) is 0.440. The van der Waals surface area contributed by atoms with Gasteiger partial charge in [-0.3, -0.25) is 9.59 Å². The van der Waals surface area contributed by atoms with Crippen LogP contribution >= 0.6 is 0 Å². The van der Waals surface area contributed by atoms with Crippen LogP contribution in [0.25, 0.3) is 0 Å². The Morgan fingerprint density at radius 3 is 2.50 bits per heavy atom. The maximum atomic E-state index is 11.8. The van der Waals surface area contributed by atoms with Gasteiger partial charge in [0.05, 0.1) is 19.8 Å². The molecule has 2 rings (SSSR count). The highest BCUT2D eigenvalue weighted by Crippen LogP contribution is 2.23. The first-order valence-corrected chi connectivity index (χ1v) is 10.6.